The van der Waals surface area contributed by atoms with Gasteiger partial charge in [0.15, 0.2) is 0 Å². The van der Waals surface area contributed by atoms with Gasteiger partial charge < -0.3 is 19.9 Å². The molecule has 0 atom stereocenters. The molecule has 1 fully saturated rings. The molecule has 0 aliphatic carbocycles. The van der Waals surface area contributed by atoms with E-state index in [1.54, 1.807) is 0 Å². The first-order valence-corrected chi connectivity index (χ1v) is 9.84. The molecule has 1 aromatic carbocycles. The molecule has 1 heterocycles. The quantitative estimate of drug-likeness (QED) is 0.537. The molecule has 1 aliphatic rings. The third kappa shape index (κ3) is 5.83. The first kappa shape index (κ1) is 22.5. The highest BCUT2D eigenvalue weighted by Crippen LogP contribution is 2.38. The highest BCUT2D eigenvalue weighted by Gasteiger charge is 2.52. The van der Waals surface area contributed by atoms with Crippen LogP contribution in [0.1, 0.15) is 46.6 Å². The van der Waals surface area contributed by atoms with Crippen LogP contribution in [0.4, 0.5) is 5.69 Å². The summed E-state index contributed by atoms with van der Waals surface area (Å²) in [7, 11) is -0.556. The number of carbonyl (C=O) groups excluding carboxylic acids is 2. The largest absolute Gasteiger partial charge is 0.492 e. The van der Waals surface area contributed by atoms with Crippen LogP contribution in [0.3, 0.4) is 0 Å². The van der Waals surface area contributed by atoms with Crippen molar-refractivity contribution in [2.75, 3.05) is 17.7 Å². The molecule has 0 aromatic heterocycles. The summed E-state index contributed by atoms with van der Waals surface area (Å²) < 4.78 is 12.2. The number of rotatable bonds is 7. The summed E-state index contributed by atoms with van der Waals surface area (Å²) in [5, 5.41) is 5.60. The molecule has 0 spiro atoms. The van der Waals surface area contributed by atoms with Gasteiger partial charge in [-0.1, -0.05) is 18.2 Å². The van der Waals surface area contributed by atoms with E-state index in [2.05, 4.69) is 10.6 Å². The Morgan fingerprint density at radius 1 is 1.11 bits per heavy atom. The number of carbonyl (C=O) groups is 2. The Hall–Kier alpha value is -1.83. The summed E-state index contributed by atoms with van der Waals surface area (Å²) >= 11 is 5.58. The molecular formula is C20H28BClN2O4. The molecular weight excluding hydrogens is 378 g/mol. The van der Waals surface area contributed by atoms with Gasteiger partial charge in [-0.3, -0.25) is 9.59 Å². The molecule has 2 rings (SSSR count). The Labute approximate surface area is 172 Å². The van der Waals surface area contributed by atoms with Gasteiger partial charge in [-0.25, -0.2) is 0 Å². The summed E-state index contributed by atoms with van der Waals surface area (Å²) in [5.74, 6) is 0.0365. The predicted octanol–water partition coefficient (Wildman–Crippen LogP) is 3.40. The van der Waals surface area contributed by atoms with Crippen LogP contribution in [-0.4, -0.2) is 42.6 Å². The van der Waals surface area contributed by atoms with Crippen LogP contribution >= 0.6 is 11.6 Å². The Balaban J connectivity index is 2.20. The minimum Gasteiger partial charge on any atom is -0.400 e. The molecule has 1 saturated heterocycles. The lowest BCUT2D eigenvalue weighted by Crippen LogP contribution is -2.41. The van der Waals surface area contributed by atoms with E-state index in [4.69, 9.17) is 20.9 Å². The van der Waals surface area contributed by atoms with E-state index in [-0.39, 0.29) is 24.1 Å². The Morgan fingerprint density at radius 3 is 2.18 bits per heavy atom. The zero-order valence-electron chi connectivity index (χ0n) is 17.1. The van der Waals surface area contributed by atoms with Gasteiger partial charge in [0.25, 0.3) is 0 Å². The second kappa shape index (κ2) is 9.12. The average molecular weight is 407 g/mol. The number of benzene rings is 1. The smallest absolute Gasteiger partial charge is 0.400 e. The highest BCUT2D eigenvalue weighted by molar-refractivity contribution is 6.56. The maximum atomic E-state index is 11.6. The summed E-state index contributed by atoms with van der Waals surface area (Å²) in [5.41, 5.74) is 1.48. The van der Waals surface area contributed by atoms with Crippen molar-refractivity contribution in [3.8, 4) is 0 Å². The van der Waals surface area contributed by atoms with Crippen LogP contribution in [0.15, 0.2) is 29.7 Å². The fourth-order valence-corrected chi connectivity index (χ4v) is 2.78. The average Bonchev–Trinajstić information content (AvgIpc) is 2.80. The molecule has 0 bridgehead atoms. The number of alkyl halides is 1. The summed E-state index contributed by atoms with van der Waals surface area (Å²) in [6.07, 6.45) is 2.20. The molecule has 1 aliphatic heterocycles. The highest BCUT2D eigenvalue weighted by atomic mass is 35.5. The molecule has 6 nitrogen and oxygen atoms in total. The van der Waals surface area contributed by atoms with Crippen LogP contribution in [-0.2, 0) is 18.9 Å². The second-order valence-corrected chi connectivity index (χ2v) is 8.20. The van der Waals surface area contributed by atoms with Crippen molar-refractivity contribution in [1.82, 2.24) is 5.32 Å². The van der Waals surface area contributed by atoms with Crippen molar-refractivity contribution in [3.63, 3.8) is 0 Å². The lowest BCUT2D eigenvalue weighted by Gasteiger charge is -2.32. The SMILES string of the molecule is CC(=O)NCC(=Cc1ccc(NC(=O)CCCl)cc1)B1OC(C)(C)C(C)(C)O1. The van der Waals surface area contributed by atoms with E-state index in [0.29, 0.717) is 12.2 Å². The Morgan fingerprint density at radius 2 is 1.68 bits per heavy atom. The van der Waals surface area contributed by atoms with Crippen molar-refractivity contribution in [1.29, 1.82) is 0 Å². The Kier molecular flexibility index (Phi) is 7.31. The van der Waals surface area contributed by atoms with Gasteiger partial charge in [-0.05, 0) is 50.9 Å². The predicted molar refractivity (Wildman–Crippen MR) is 113 cm³/mol. The number of halogens is 1. The van der Waals surface area contributed by atoms with E-state index in [9.17, 15) is 9.59 Å². The van der Waals surface area contributed by atoms with E-state index >= 15 is 0 Å². The Bertz CT molecular complexity index is 731. The molecule has 28 heavy (non-hydrogen) atoms. The van der Waals surface area contributed by atoms with Gasteiger partial charge in [0.2, 0.25) is 11.8 Å². The van der Waals surface area contributed by atoms with Crippen molar-refractivity contribution in [2.45, 2.75) is 52.2 Å². The van der Waals surface area contributed by atoms with E-state index in [0.717, 1.165) is 11.0 Å². The first-order valence-electron chi connectivity index (χ1n) is 9.30. The minimum absolute atomic E-state index is 0.123. The summed E-state index contributed by atoms with van der Waals surface area (Å²) in [6, 6.07) is 7.40. The number of hydrogen-bond donors (Lipinski definition) is 2. The molecule has 2 amide bonds. The van der Waals surface area contributed by atoms with E-state index in [1.807, 2.05) is 58.0 Å². The fourth-order valence-electron chi connectivity index (χ4n) is 2.61. The zero-order valence-corrected chi connectivity index (χ0v) is 17.9. The lowest BCUT2D eigenvalue weighted by atomic mass is 9.77. The topological polar surface area (TPSA) is 76.7 Å². The van der Waals surface area contributed by atoms with Crippen LogP contribution in [0.5, 0.6) is 0 Å². The van der Waals surface area contributed by atoms with Crippen molar-refractivity contribution in [3.05, 3.63) is 35.3 Å². The molecule has 8 heteroatoms. The molecule has 0 radical (unpaired) electrons. The minimum atomic E-state index is -0.556. The third-order valence-corrected chi connectivity index (χ3v) is 5.15. The first-order chi connectivity index (χ1) is 13.0. The normalized spacial score (nSPS) is 18.1. The maximum absolute atomic E-state index is 11.6. The maximum Gasteiger partial charge on any atom is 0.492 e. The van der Waals surface area contributed by atoms with Gasteiger partial charge in [-0.15, -0.1) is 11.6 Å². The molecule has 2 N–H and O–H groups in total. The van der Waals surface area contributed by atoms with E-state index < -0.39 is 18.3 Å². The van der Waals surface area contributed by atoms with Crippen LogP contribution < -0.4 is 10.6 Å². The van der Waals surface area contributed by atoms with Crippen LogP contribution in [0.2, 0.25) is 0 Å². The van der Waals surface area contributed by atoms with Crippen LogP contribution in [0, 0.1) is 0 Å². The zero-order chi connectivity index (χ0) is 20.9. The van der Waals surface area contributed by atoms with E-state index in [1.165, 1.54) is 6.92 Å². The van der Waals surface area contributed by atoms with Crippen molar-refractivity contribution >= 4 is 42.3 Å². The molecule has 152 valence electrons. The van der Waals surface area contributed by atoms with Crippen molar-refractivity contribution < 1.29 is 18.9 Å². The monoisotopic (exact) mass is 406 g/mol. The van der Waals surface area contributed by atoms with Gasteiger partial charge in [-0.2, -0.15) is 0 Å². The number of nitrogens with one attached hydrogen (secondary N) is 2. The third-order valence-electron chi connectivity index (χ3n) is 4.97. The van der Waals surface area contributed by atoms with Gasteiger partial charge >= 0.3 is 7.12 Å². The standard InChI is InChI=1S/C20H28BClN2O4/c1-14(25)23-13-16(21-27-19(2,3)20(4,5)28-21)12-15-6-8-17(9-7-15)24-18(26)10-11-22/h6-9,12H,10-11,13H2,1-5H3,(H,23,25)(H,24,26). The molecule has 0 saturated carbocycles. The van der Waals surface area contributed by atoms with Crippen molar-refractivity contribution in [2.24, 2.45) is 0 Å². The number of amides is 2. The molecule has 1 aromatic rings. The number of anilines is 1. The summed E-state index contributed by atoms with van der Waals surface area (Å²) in [6.45, 7) is 9.74. The summed E-state index contributed by atoms with van der Waals surface area (Å²) in [4.78, 5) is 23.0. The van der Waals surface area contributed by atoms with Gasteiger partial charge in [0.1, 0.15) is 0 Å². The lowest BCUT2D eigenvalue weighted by molar-refractivity contribution is -0.119. The molecule has 0 unspecified atom stereocenters. The second-order valence-electron chi connectivity index (χ2n) is 7.83. The number of hydrogen-bond acceptors (Lipinski definition) is 4. The fraction of sp³-hybridized carbons (Fsp3) is 0.500. The van der Waals surface area contributed by atoms with Gasteiger partial charge in [0, 0.05) is 31.5 Å². The van der Waals surface area contributed by atoms with Crippen LogP contribution in [0.25, 0.3) is 6.08 Å². The van der Waals surface area contributed by atoms with Gasteiger partial charge in [0.05, 0.1) is 11.2 Å².